The highest BCUT2D eigenvalue weighted by molar-refractivity contribution is 5.94. The average Bonchev–Trinajstić information content (AvgIpc) is 2.94. The van der Waals surface area contributed by atoms with Crippen LogP contribution in [0.1, 0.15) is 49.9 Å². The Kier molecular flexibility index (Phi) is 4.13. The van der Waals surface area contributed by atoms with Crippen molar-refractivity contribution in [2.45, 2.75) is 45.6 Å². The van der Waals surface area contributed by atoms with Gasteiger partial charge in [0.2, 0.25) is 0 Å². The Morgan fingerprint density at radius 2 is 1.90 bits per heavy atom. The van der Waals surface area contributed by atoms with E-state index < -0.39 is 0 Å². The first-order valence-electron chi connectivity index (χ1n) is 8.17. The minimum absolute atomic E-state index is 0.131. The normalized spacial score (nSPS) is 23.6. The Balaban J connectivity index is 1.68. The van der Waals surface area contributed by atoms with E-state index in [4.69, 9.17) is 0 Å². The largest absolute Gasteiger partial charge is 0.357 e. The molecule has 1 unspecified atom stereocenters. The van der Waals surface area contributed by atoms with Gasteiger partial charge in [-0.2, -0.15) is 0 Å². The van der Waals surface area contributed by atoms with Crippen LogP contribution in [-0.4, -0.2) is 41.5 Å². The van der Waals surface area contributed by atoms with E-state index >= 15 is 0 Å². The van der Waals surface area contributed by atoms with Crippen LogP contribution in [0.4, 0.5) is 5.82 Å². The van der Waals surface area contributed by atoms with E-state index in [9.17, 15) is 4.79 Å². The topological polar surface area (TPSA) is 36.4 Å². The van der Waals surface area contributed by atoms with Gasteiger partial charge in [0.05, 0.1) is 5.56 Å². The van der Waals surface area contributed by atoms with Crippen LogP contribution in [-0.2, 0) is 0 Å². The van der Waals surface area contributed by atoms with Crippen LogP contribution in [0.25, 0.3) is 0 Å². The fraction of sp³-hybridized carbons (Fsp3) is 0.647. The molecule has 0 N–H and O–H groups in total. The molecule has 0 spiro atoms. The molecule has 4 nitrogen and oxygen atoms in total. The molecule has 1 atom stereocenters. The fourth-order valence-corrected chi connectivity index (χ4v) is 3.34. The van der Waals surface area contributed by atoms with Crippen molar-refractivity contribution in [3.63, 3.8) is 0 Å². The number of amides is 1. The summed E-state index contributed by atoms with van der Waals surface area (Å²) < 4.78 is 0. The van der Waals surface area contributed by atoms with Crippen LogP contribution in [0.15, 0.2) is 18.3 Å². The molecule has 0 saturated carbocycles. The number of piperidine rings is 1. The van der Waals surface area contributed by atoms with Gasteiger partial charge in [-0.15, -0.1) is 0 Å². The zero-order valence-corrected chi connectivity index (χ0v) is 13.1. The van der Waals surface area contributed by atoms with Crippen molar-refractivity contribution >= 4 is 11.7 Å². The summed E-state index contributed by atoms with van der Waals surface area (Å²) in [4.78, 5) is 21.3. The van der Waals surface area contributed by atoms with Gasteiger partial charge >= 0.3 is 0 Å². The predicted octanol–water partition coefficient (Wildman–Crippen LogP) is 2.94. The van der Waals surface area contributed by atoms with Crippen molar-refractivity contribution in [3.05, 3.63) is 23.9 Å². The highest BCUT2D eigenvalue weighted by Gasteiger charge is 2.26. The quantitative estimate of drug-likeness (QED) is 0.839. The lowest BCUT2D eigenvalue weighted by molar-refractivity contribution is 0.0747. The Bertz CT molecular complexity index is 491. The number of hydrogen-bond donors (Lipinski definition) is 0. The van der Waals surface area contributed by atoms with Crippen molar-refractivity contribution in [3.8, 4) is 0 Å². The molecule has 0 aromatic carbocycles. The predicted molar refractivity (Wildman–Crippen MR) is 84.6 cm³/mol. The summed E-state index contributed by atoms with van der Waals surface area (Å²) in [6.07, 6.45) is 6.44. The molecule has 4 heteroatoms. The molecule has 0 bridgehead atoms. The second-order valence-corrected chi connectivity index (χ2v) is 6.56. The molecule has 3 rings (SSSR count). The number of likely N-dealkylation sites (tertiary alicyclic amines) is 1. The number of nitrogens with zero attached hydrogens (tertiary/aromatic N) is 3. The van der Waals surface area contributed by atoms with Gasteiger partial charge in [-0.3, -0.25) is 4.79 Å². The highest BCUT2D eigenvalue weighted by Crippen LogP contribution is 2.23. The minimum atomic E-state index is 0.131. The molecular formula is C17H25N3O. The van der Waals surface area contributed by atoms with Crippen LogP contribution in [0.5, 0.6) is 0 Å². The van der Waals surface area contributed by atoms with E-state index in [1.807, 2.05) is 17.0 Å². The van der Waals surface area contributed by atoms with Crippen LogP contribution in [0.2, 0.25) is 0 Å². The molecule has 2 fully saturated rings. The number of rotatable bonds is 2. The molecule has 0 radical (unpaired) electrons. The van der Waals surface area contributed by atoms with E-state index in [1.165, 1.54) is 12.8 Å². The summed E-state index contributed by atoms with van der Waals surface area (Å²) in [6, 6.07) is 4.30. The van der Waals surface area contributed by atoms with Gasteiger partial charge in [-0.05, 0) is 50.7 Å². The molecule has 1 amide bonds. The third-order valence-electron chi connectivity index (χ3n) is 4.92. The standard InChI is InChI=1S/C17H25N3O/c1-13-7-10-19(11-8-13)16-6-5-15(12-18-16)17(21)20-9-3-4-14(20)2/h5-6,12-14H,3-4,7-11H2,1-2H3. The van der Waals surface area contributed by atoms with E-state index in [0.717, 1.165) is 49.8 Å². The molecule has 2 aliphatic heterocycles. The first kappa shape index (κ1) is 14.4. The van der Waals surface area contributed by atoms with E-state index in [0.29, 0.717) is 6.04 Å². The molecule has 114 valence electrons. The molecule has 0 aliphatic carbocycles. The smallest absolute Gasteiger partial charge is 0.255 e. The molecule has 1 aromatic heterocycles. The van der Waals surface area contributed by atoms with Crippen LogP contribution in [0.3, 0.4) is 0 Å². The summed E-state index contributed by atoms with van der Waals surface area (Å²) >= 11 is 0. The third kappa shape index (κ3) is 3.04. The Morgan fingerprint density at radius 3 is 2.48 bits per heavy atom. The zero-order valence-electron chi connectivity index (χ0n) is 13.1. The minimum Gasteiger partial charge on any atom is -0.357 e. The van der Waals surface area contributed by atoms with Gasteiger partial charge in [-0.25, -0.2) is 4.98 Å². The lowest BCUT2D eigenvalue weighted by atomic mass is 9.99. The summed E-state index contributed by atoms with van der Waals surface area (Å²) in [6.45, 7) is 7.46. The lowest BCUT2D eigenvalue weighted by Gasteiger charge is -2.31. The molecule has 3 heterocycles. The fourth-order valence-electron chi connectivity index (χ4n) is 3.34. The second kappa shape index (κ2) is 6.04. The van der Waals surface area contributed by atoms with E-state index in [-0.39, 0.29) is 5.91 Å². The van der Waals surface area contributed by atoms with Gasteiger partial charge in [0.15, 0.2) is 0 Å². The zero-order chi connectivity index (χ0) is 14.8. The SMILES string of the molecule is CC1CCN(c2ccc(C(=O)N3CCCC3C)cn2)CC1. The first-order valence-corrected chi connectivity index (χ1v) is 8.17. The number of aromatic nitrogens is 1. The summed E-state index contributed by atoms with van der Waals surface area (Å²) in [5.41, 5.74) is 0.720. The van der Waals surface area contributed by atoms with Gasteiger partial charge in [-0.1, -0.05) is 6.92 Å². The monoisotopic (exact) mass is 287 g/mol. The van der Waals surface area contributed by atoms with Crippen molar-refractivity contribution < 1.29 is 4.79 Å². The number of anilines is 1. The van der Waals surface area contributed by atoms with Gasteiger partial charge in [0.25, 0.3) is 5.91 Å². The highest BCUT2D eigenvalue weighted by atomic mass is 16.2. The molecule has 21 heavy (non-hydrogen) atoms. The van der Waals surface area contributed by atoms with Crippen molar-refractivity contribution in [1.82, 2.24) is 9.88 Å². The van der Waals surface area contributed by atoms with Gasteiger partial charge < -0.3 is 9.80 Å². The van der Waals surface area contributed by atoms with E-state index in [2.05, 4.69) is 23.7 Å². The maximum absolute atomic E-state index is 12.5. The Morgan fingerprint density at radius 1 is 1.14 bits per heavy atom. The van der Waals surface area contributed by atoms with Gasteiger partial charge in [0.1, 0.15) is 5.82 Å². The maximum Gasteiger partial charge on any atom is 0.255 e. The lowest BCUT2D eigenvalue weighted by Crippen LogP contribution is -2.34. The van der Waals surface area contributed by atoms with Crippen molar-refractivity contribution in [1.29, 1.82) is 0 Å². The second-order valence-electron chi connectivity index (χ2n) is 6.56. The van der Waals surface area contributed by atoms with Crippen molar-refractivity contribution in [2.24, 2.45) is 5.92 Å². The first-order chi connectivity index (χ1) is 10.1. The van der Waals surface area contributed by atoms with Crippen LogP contribution >= 0.6 is 0 Å². The van der Waals surface area contributed by atoms with Crippen LogP contribution in [0, 0.1) is 5.92 Å². The van der Waals surface area contributed by atoms with Gasteiger partial charge in [0, 0.05) is 31.9 Å². The van der Waals surface area contributed by atoms with Crippen LogP contribution < -0.4 is 4.90 Å². The Hall–Kier alpha value is -1.58. The number of hydrogen-bond acceptors (Lipinski definition) is 3. The molecule has 2 saturated heterocycles. The summed E-state index contributed by atoms with van der Waals surface area (Å²) in [7, 11) is 0. The summed E-state index contributed by atoms with van der Waals surface area (Å²) in [5, 5.41) is 0. The summed E-state index contributed by atoms with van der Waals surface area (Å²) in [5.74, 6) is 1.96. The molecule has 2 aliphatic rings. The molecule has 1 aromatic rings. The molecular weight excluding hydrogens is 262 g/mol. The number of pyridine rings is 1. The third-order valence-corrected chi connectivity index (χ3v) is 4.92. The van der Waals surface area contributed by atoms with Crippen molar-refractivity contribution in [2.75, 3.05) is 24.5 Å². The number of carbonyl (C=O) groups excluding carboxylic acids is 1. The maximum atomic E-state index is 12.5. The Labute approximate surface area is 127 Å². The average molecular weight is 287 g/mol. The van der Waals surface area contributed by atoms with E-state index in [1.54, 1.807) is 6.20 Å². The number of carbonyl (C=O) groups is 1.